The number of ether oxygens (including phenoxy) is 2. The molecule has 1 aromatic rings. The lowest BCUT2D eigenvalue weighted by Gasteiger charge is -2.21. The Kier molecular flexibility index (Phi) is 7.24. The number of hydrogen-bond acceptors (Lipinski definition) is 4. The maximum atomic E-state index is 12.5. The molecular weight excluding hydrogens is 312 g/mol. The van der Waals surface area contributed by atoms with E-state index in [1.54, 1.807) is 13.8 Å². The quantitative estimate of drug-likeness (QED) is 0.751. The Labute approximate surface area is 132 Å². The molecule has 128 valence electrons. The standard InChI is InChI=1S/C15H19F2NO5/c1-3-18(8-13(16)17)15(21)10-5-6-11(23-9-14(19)20)12(7-10)22-4-2/h5-7,13H,3-4,8-9H2,1-2H3,(H,19,20). The lowest BCUT2D eigenvalue weighted by Crippen LogP contribution is -2.34. The molecule has 6 nitrogen and oxygen atoms in total. The lowest BCUT2D eigenvalue weighted by atomic mass is 10.1. The van der Waals surface area contributed by atoms with Crippen molar-refractivity contribution in [2.75, 3.05) is 26.3 Å². The molecule has 0 saturated carbocycles. The van der Waals surface area contributed by atoms with E-state index >= 15 is 0 Å². The van der Waals surface area contributed by atoms with Crippen molar-refractivity contribution in [1.82, 2.24) is 4.90 Å². The molecule has 0 fully saturated rings. The first-order chi connectivity index (χ1) is 10.9. The highest BCUT2D eigenvalue weighted by Gasteiger charge is 2.20. The Bertz CT molecular complexity index is 551. The minimum absolute atomic E-state index is 0.143. The second kappa shape index (κ2) is 8.92. The summed E-state index contributed by atoms with van der Waals surface area (Å²) in [5, 5.41) is 8.63. The fraction of sp³-hybridized carbons (Fsp3) is 0.467. The number of benzene rings is 1. The second-order valence-corrected chi connectivity index (χ2v) is 4.51. The van der Waals surface area contributed by atoms with Gasteiger partial charge in [0, 0.05) is 12.1 Å². The van der Waals surface area contributed by atoms with Crippen LogP contribution in [0, 0.1) is 0 Å². The Morgan fingerprint density at radius 2 is 1.91 bits per heavy atom. The largest absolute Gasteiger partial charge is 0.490 e. The average molecular weight is 331 g/mol. The van der Waals surface area contributed by atoms with Crippen molar-refractivity contribution in [2.24, 2.45) is 0 Å². The van der Waals surface area contributed by atoms with Gasteiger partial charge in [0.05, 0.1) is 13.2 Å². The van der Waals surface area contributed by atoms with E-state index in [4.69, 9.17) is 14.6 Å². The van der Waals surface area contributed by atoms with Gasteiger partial charge in [0.1, 0.15) is 0 Å². The number of carbonyl (C=O) groups excluding carboxylic acids is 1. The fourth-order valence-corrected chi connectivity index (χ4v) is 1.87. The van der Waals surface area contributed by atoms with Gasteiger partial charge >= 0.3 is 5.97 Å². The minimum atomic E-state index is -2.62. The summed E-state index contributed by atoms with van der Waals surface area (Å²) >= 11 is 0. The van der Waals surface area contributed by atoms with Crippen LogP contribution in [0.4, 0.5) is 8.78 Å². The number of aliphatic carboxylic acids is 1. The molecule has 1 aromatic carbocycles. The number of rotatable bonds is 9. The molecule has 0 heterocycles. The van der Waals surface area contributed by atoms with E-state index in [0.29, 0.717) is 0 Å². The summed E-state index contributed by atoms with van der Waals surface area (Å²) < 4.78 is 35.4. The van der Waals surface area contributed by atoms with Crippen LogP contribution in [-0.4, -0.2) is 54.6 Å². The van der Waals surface area contributed by atoms with Gasteiger partial charge in [-0.3, -0.25) is 4.79 Å². The van der Waals surface area contributed by atoms with Crippen molar-refractivity contribution in [2.45, 2.75) is 20.3 Å². The van der Waals surface area contributed by atoms with E-state index in [-0.39, 0.29) is 30.2 Å². The summed E-state index contributed by atoms with van der Waals surface area (Å²) in [7, 11) is 0. The van der Waals surface area contributed by atoms with Gasteiger partial charge in [-0.1, -0.05) is 0 Å². The molecule has 0 aliphatic heterocycles. The third kappa shape index (κ3) is 5.72. The molecule has 1 amide bonds. The van der Waals surface area contributed by atoms with Gasteiger partial charge in [0.25, 0.3) is 12.3 Å². The number of amides is 1. The van der Waals surface area contributed by atoms with Crippen LogP contribution < -0.4 is 9.47 Å². The molecular formula is C15H19F2NO5. The van der Waals surface area contributed by atoms with Crippen LogP contribution in [-0.2, 0) is 4.79 Å². The third-order valence-corrected chi connectivity index (χ3v) is 2.87. The van der Waals surface area contributed by atoms with Gasteiger partial charge in [-0.05, 0) is 32.0 Å². The van der Waals surface area contributed by atoms with E-state index in [9.17, 15) is 18.4 Å². The first-order valence-electron chi connectivity index (χ1n) is 7.07. The number of carboxylic acid groups (broad SMARTS) is 1. The fourth-order valence-electron chi connectivity index (χ4n) is 1.87. The van der Waals surface area contributed by atoms with E-state index in [1.807, 2.05) is 0 Å². The van der Waals surface area contributed by atoms with Crippen LogP contribution in [0.5, 0.6) is 11.5 Å². The van der Waals surface area contributed by atoms with E-state index in [0.717, 1.165) is 4.90 Å². The smallest absolute Gasteiger partial charge is 0.341 e. The Morgan fingerprint density at radius 1 is 1.22 bits per heavy atom. The van der Waals surface area contributed by atoms with Crippen molar-refractivity contribution < 1.29 is 33.0 Å². The van der Waals surface area contributed by atoms with Crippen molar-refractivity contribution in [1.29, 1.82) is 0 Å². The molecule has 0 unspecified atom stereocenters. The lowest BCUT2D eigenvalue weighted by molar-refractivity contribution is -0.139. The van der Waals surface area contributed by atoms with E-state index in [1.165, 1.54) is 18.2 Å². The highest BCUT2D eigenvalue weighted by atomic mass is 19.3. The number of alkyl halides is 2. The third-order valence-electron chi connectivity index (χ3n) is 2.87. The monoisotopic (exact) mass is 331 g/mol. The van der Waals surface area contributed by atoms with Gasteiger partial charge in [-0.25, -0.2) is 13.6 Å². The highest BCUT2D eigenvalue weighted by Crippen LogP contribution is 2.29. The average Bonchev–Trinajstić information content (AvgIpc) is 2.50. The predicted molar refractivity (Wildman–Crippen MR) is 78.3 cm³/mol. The summed E-state index contributed by atoms with van der Waals surface area (Å²) in [5.74, 6) is -1.35. The molecule has 0 atom stereocenters. The topological polar surface area (TPSA) is 76.1 Å². The van der Waals surface area contributed by atoms with Gasteiger partial charge in [0.2, 0.25) is 0 Å². The minimum Gasteiger partial charge on any atom is -0.490 e. The normalized spacial score (nSPS) is 10.5. The van der Waals surface area contributed by atoms with Gasteiger partial charge in [-0.15, -0.1) is 0 Å². The van der Waals surface area contributed by atoms with Gasteiger partial charge in [0.15, 0.2) is 18.1 Å². The molecule has 0 aliphatic rings. The molecule has 23 heavy (non-hydrogen) atoms. The molecule has 0 saturated heterocycles. The maximum Gasteiger partial charge on any atom is 0.341 e. The first kappa shape index (κ1) is 18.7. The number of carbonyl (C=O) groups is 2. The number of halogens is 2. The Balaban J connectivity index is 3.01. The van der Waals surface area contributed by atoms with Gasteiger partial charge < -0.3 is 19.5 Å². The molecule has 0 bridgehead atoms. The van der Waals surface area contributed by atoms with E-state index in [2.05, 4.69) is 0 Å². The molecule has 0 radical (unpaired) electrons. The molecule has 0 spiro atoms. The molecule has 0 aromatic heterocycles. The number of carboxylic acids is 1. The van der Waals surface area contributed by atoms with Crippen molar-refractivity contribution in [3.8, 4) is 11.5 Å². The highest BCUT2D eigenvalue weighted by molar-refractivity contribution is 5.95. The zero-order valence-corrected chi connectivity index (χ0v) is 12.9. The summed E-state index contributed by atoms with van der Waals surface area (Å²) in [4.78, 5) is 23.8. The number of nitrogens with zero attached hydrogens (tertiary/aromatic N) is 1. The predicted octanol–water partition coefficient (Wildman–Crippen LogP) is 2.28. The number of hydrogen-bond donors (Lipinski definition) is 1. The van der Waals surface area contributed by atoms with Crippen LogP contribution >= 0.6 is 0 Å². The second-order valence-electron chi connectivity index (χ2n) is 4.51. The van der Waals surface area contributed by atoms with Crippen LogP contribution in [0.25, 0.3) is 0 Å². The SMILES string of the molecule is CCOc1cc(C(=O)N(CC)CC(F)F)ccc1OCC(=O)O. The van der Waals surface area contributed by atoms with Crippen LogP contribution in [0.2, 0.25) is 0 Å². The Hall–Kier alpha value is -2.38. The van der Waals surface area contributed by atoms with Gasteiger partial charge in [-0.2, -0.15) is 0 Å². The summed E-state index contributed by atoms with van der Waals surface area (Å²) in [5.41, 5.74) is 0.165. The first-order valence-corrected chi connectivity index (χ1v) is 7.07. The van der Waals surface area contributed by atoms with E-state index < -0.39 is 31.5 Å². The molecule has 0 aliphatic carbocycles. The van der Waals surface area contributed by atoms with Crippen molar-refractivity contribution >= 4 is 11.9 Å². The zero-order chi connectivity index (χ0) is 17.4. The van der Waals surface area contributed by atoms with Crippen LogP contribution in [0.15, 0.2) is 18.2 Å². The van der Waals surface area contributed by atoms with Crippen molar-refractivity contribution in [3.05, 3.63) is 23.8 Å². The Morgan fingerprint density at radius 3 is 2.43 bits per heavy atom. The zero-order valence-electron chi connectivity index (χ0n) is 12.9. The van der Waals surface area contributed by atoms with Crippen LogP contribution in [0.3, 0.4) is 0 Å². The molecule has 1 N–H and O–H groups in total. The maximum absolute atomic E-state index is 12.5. The van der Waals surface area contributed by atoms with Crippen molar-refractivity contribution in [3.63, 3.8) is 0 Å². The molecule has 8 heteroatoms. The summed E-state index contributed by atoms with van der Waals surface area (Å²) in [6.45, 7) is 2.52. The molecule has 1 rings (SSSR count). The summed E-state index contributed by atoms with van der Waals surface area (Å²) in [6.07, 6.45) is -2.62. The summed E-state index contributed by atoms with van der Waals surface area (Å²) in [6, 6.07) is 4.13. The van der Waals surface area contributed by atoms with Crippen LogP contribution in [0.1, 0.15) is 24.2 Å².